The molecule has 0 atom stereocenters. The van der Waals surface area contributed by atoms with Gasteiger partial charge in [0.1, 0.15) is 5.82 Å². The number of nitrogens with zero attached hydrogens (tertiary/aromatic N) is 1. The SMILES string of the molecule is O=c1ccnc(-c2ccc(C3CC3)cc2)[nH]1. The number of hydrogen-bond acceptors (Lipinski definition) is 2. The molecule has 1 N–H and O–H groups in total. The molecule has 80 valence electrons. The molecular weight excluding hydrogens is 200 g/mol. The first-order chi connectivity index (χ1) is 7.83. The summed E-state index contributed by atoms with van der Waals surface area (Å²) in [5.41, 5.74) is 2.24. The zero-order chi connectivity index (χ0) is 11.0. The summed E-state index contributed by atoms with van der Waals surface area (Å²) in [5.74, 6) is 1.40. The maximum Gasteiger partial charge on any atom is 0.251 e. The molecule has 0 saturated heterocycles. The summed E-state index contributed by atoms with van der Waals surface area (Å²) in [5, 5.41) is 0. The van der Waals surface area contributed by atoms with Crippen molar-refractivity contribution in [3.8, 4) is 11.4 Å². The molecule has 0 unspecified atom stereocenters. The van der Waals surface area contributed by atoms with E-state index in [4.69, 9.17) is 0 Å². The number of aromatic nitrogens is 2. The van der Waals surface area contributed by atoms with Crippen molar-refractivity contribution in [3.05, 3.63) is 52.4 Å². The minimum Gasteiger partial charge on any atom is -0.307 e. The molecule has 1 aliphatic rings. The number of hydrogen-bond donors (Lipinski definition) is 1. The standard InChI is InChI=1S/C13H12N2O/c16-12-7-8-14-13(15-12)11-5-3-10(4-6-11)9-1-2-9/h3-9H,1-2H2,(H,14,15,16). The van der Waals surface area contributed by atoms with Crippen LogP contribution >= 0.6 is 0 Å². The predicted octanol–water partition coefficient (Wildman–Crippen LogP) is 2.31. The third-order valence-electron chi connectivity index (χ3n) is 2.90. The quantitative estimate of drug-likeness (QED) is 0.830. The highest BCUT2D eigenvalue weighted by Crippen LogP contribution is 2.40. The Bertz CT molecular complexity index is 553. The number of rotatable bonds is 2. The number of aromatic amines is 1. The Morgan fingerprint density at radius 2 is 1.88 bits per heavy atom. The van der Waals surface area contributed by atoms with Gasteiger partial charge in [0.2, 0.25) is 0 Å². The Balaban J connectivity index is 1.97. The van der Waals surface area contributed by atoms with Crippen molar-refractivity contribution in [3.63, 3.8) is 0 Å². The molecule has 1 aromatic heterocycles. The lowest BCUT2D eigenvalue weighted by Gasteiger charge is -2.01. The zero-order valence-electron chi connectivity index (χ0n) is 8.81. The third-order valence-corrected chi connectivity index (χ3v) is 2.90. The summed E-state index contributed by atoms with van der Waals surface area (Å²) in [4.78, 5) is 18.0. The van der Waals surface area contributed by atoms with Gasteiger partial charge in [-0.1, -0.05) is 24.3 Å². The summed E-state index contributed by atoms with van der Waals surface area (Å²) in [6.45, 7) is 0. The van der Waals surface area contributed by atoms with Gasteiger partial charge in [-0.25, -0.2) is 4.98 Å². The van der Waals surface area contributed by atoms with E-state index in [-0.39, 0.29) is 5.56 Å². The van der Waals surface area contributed by atoms with Gasteiger partial charge in [0.05, 0.1) is 0 Å². The fourth-order valence-corrected chi connectivity index (χ4v) is 1.85. The van der Waals surface area contributed by atoms with Crippen molar-refractivity contribution in [2.24, 2.45) is 0 Å². The van der Waals surface area contributed by atoms with Crippen LogP contribution in [-0.4, -0.2) is 9.97 Å². The van der Waals surface area contributed by atoms with Gasteiger partial charge in [-0.05, 0) is 24.3 Å². The largest absolute Gasteiger partial charge is 0.307 e. The molecule has 16 heavy (non-hydrogen) atoms. The van der Waals surface area contributed by atoms with E-state index in [0.29, 0.717) is 5.82 Å². The van der Waals surface area contributed by atoms with Gasteiger partial charge in [-0.3, -0.25) is 4.79 Å². The molecule has 1 saturated carbocycles. The van der Waals surface area contributed by atoms with E-state index in [0.717, 1.165) is 11.5 Å². The van der Waals surface area contributed by atoms with Crippen LogP contribution in [-0.2, 0) is 0 Å². The second kappa shape index (κ2) is 3.59. The first-order valence-electron chi connectivity index (χ1n) is 5.48. The second-order valence-electron chi connectivity index (χ2n) is 4.18. The highest BCUT2D eigenvalue weighted by atomic mass is 16.1. The zero-order valence-corrected chi connectivity index (χ0v) is 8.81. The van der Waals surface area contributed by atoms with E-state index in [1.54, 1.807) is 0 Å². The second-order valence-corrected chi connectivity index (χ2v) is 4.18. The van der Waals surface area contributed by atoms with Crippen molar-refractivity contribution < 1.29 is 0 Å². The molecule has 0 spiro atoms. The highest BCUT2D eigenvalue weighted by Gasteiger charge is 2.22. The number of nitrogens with one attached hydrogen (secondary N) is 1. The Kier molecular flexibility index (Phi) is 2.10. The summed E-state index contributed by atoms with van der Waals surface area (Å²) >= 11 is 0. The fourth-order valence-electron chi connectivity index (χ4n) is 1.85. The molecule has 1 heterocycles. The Labute approximate surface area is 93.2 Å². The molecule has 0 amide bonds. The highest BCUT2D eigenvalue weighted by molar-refractivity contribution is 5.55. The summed E-state index contributed by atoms with van der Waals surface area (Å²) in [7, 11) is 0. The van der Waals surface area contributed by atoms with Gasteiger partial charge in [0.25, 0.3) is 5.56 Å². The molecule has 0 bridgehead atoms. The Morgan fingerprint density at radius 3 is 2.50 bits per heavy atom. The van der Waals surface area contributed by atoms with Crippen molar-refractivity contribution in [1.29, 1.82) is 0 Å². The lowest BCUT2D eigenvalue weighted by molar-refractivity contribution is 1.11. The monoisotopic (exact) mass is 212 g/mol. The van der Waals surface area contributed by atoms with Crippen LogP contribution in [0.4, 0.5) is 0 Å². The van der Waals surface area contributed by atoms with Crippen LogP contribution in [0.25, 0.3) is 11.4 Å². The molecule has 1 aliphatic carbocycles. The van der Waals surface area contributed by atoms with Crippen LogP contribution in [0.15, 0.2) is 41.3 Å². The molecule has 2 aromatic rings. The van der Waals surface area contributed by atoms with Gasteiger partial charge in [-0.2, -0.15) is 0 Å². The molecule has 1 fully saturated rings. The van der Waals surface area contributed by atoms with Gasteiger partial charge >= 0.3 is 0 Å². The molecule has 3 rings (SSSR count). The topological polar surface area (TPSA) is 45.8 Å². The predicted molar refractivity (Wildman–Crippen MR) is 62.3 cm³/mol. The fraction of sp³-hybridized carbons (Fsp3) is 0.231. The average molecular weight is 212 g/mol. The third kappa shape index (κ3) is 1.76. The van der Waals surface area contributed by atoms with Crippen molar-refractivity contribution in [2.45, 2.75) is 18.8 Å². The maximum absolute atomic E-state index is 11.2. The molecule has 1 aromatic carbocycles. The first-order valence-corrected chi connectivity index (χ1v) is 5.48. The van der Waals surface area contributed by atoms with Crippen LogP contribution in [0.2, 0.25) is 0 Å². The van der Waals surface area contributed by atoms with E-state index in [1.165, 1.54) is 30.7 Å². The van der Waals surface area contributed by atoms with E-state index in [1.807, 2.05) is 12.1 Å². The summed E-state index contributed by atoms with van der Waals surface area (Å²) in [6, 6.07) is 9.71. The Morgan fingerprint density at radius 1 is 1.12 bits per heavy atom. The maximum atomic E-state index is 11.2. The van der Waals surface area contributed by atoms with Crippen LogP contribution in [0, 0.1) is 0 Å². The van der Waals surface area contributed by atoms with Gasteiger partial charge in [0.15, 0.2) is 0 Å². The van der Waals surface area contributed by atoms with Gasteiger partial charge < -0.3 is 4.98 Å². The molecule has 0 radical (unpaired) electrons. The van der Waals surface area contributed by atoms with Crippen molar-refractivity contribution >= 4 is 0 Å². The van der Waals surface area contributed by atoms with E-state index < -0.39 is 0 Å². The van der Waals surface area contributed by atoms with Gasteiger partial charge in [-0.15, -0.1) is 0 Å². The summed E-state index contributed by atoms with van der Waals surface area (Å²) in [6.07, 6.45) is 4.14. The van der Waals surface area contributed by atoms with Crippen molar-refractivity contribution in [1.82, 2.24) is 9.97 Å². The molecule has 0 aliphatic heterocycles. The first kappa shape index (κ1) is 9.33. The lowest BCUT2D eigenvalue weighted by atomic mass is 10.1. The lowest BCUT2D eigenvalue weighted by Crippen LogP contribution is -2.05. The number of H-pyrrole nitrogens is 1. The van der Waals surface area contributed by atoms with Gasteiger partial charge in [0, 0.05) is 17.8 Å². The smallest absolute Gasteiger partial charge is 0.251 e. The molecular formula is C13H12N2O. The van der Waals surface area contributed by atoms with E-state index >= 15 is 0 Å². The Hall–Kier alpha value is -1.90. The molecule has 3 heteroatoms. The number of benzene rings is 1. The normalized spacial score (nSPS) is 15.0. The van der Waals surface area contributed by atoms with Crippen LogP contribution in [0.5, 0.6) is 0 Å². The minimum atomic E-state index is -0.115. The summed E-state index contributed by atoms with van der Waals surface area (Å²) < 4.78 is 0. The van der Waals surface area contributed by atoms with E-state index in [2.05, 4.69) is 22.1 Å². The van der Waals surface area contributed by atoms with Crippen molar-refractivity contribution in [2.75, 3.05) is 0 Å². The van der Waals surface area contributed by atoms with Crippen LogP contribution in [0.1, 0.15) is 24.3 Å². The molecule has 3 nitrogen and oxygen atoms in total. The minimum absolute atomic E-state index is 0.115. The van der Waals surface area contributed by atoms with Crippen LogP contribution in [0.3, 0.4) is 0 Å². The van der Waals surface area contributed by atoms with Crippen LogP contribution < -0.4 is 5.56 Å². The average Bonchev–Trinajstić information content (AvgIpc) is 3.13. The van der Waals surface area contributed by atoms with E-state index in [9.17, 15) is 4.79 Å².